The summed E-state index contributed by atoms with van der Waals surface area (Å²) in [5.41, 5.74) is 16.8. The van der Waals surface area contributed by atoms with Crippen LogP contribution in [0.5, 0.6) is 0 Å². The average molecular weight is 761 g/mol. The van der Waals surface area contributed by atoms with E-state index in [0.717, 1.165) is 0 Å². The first-order valence-electron chi connectivity index (χ1n) is 18.1. The topological polar surface area (TPSA) is 302 Å². The number of nitrogens with two attached hydrogens (primary N) is 3. The maximum absolute atomic E-state index is 13.9. The molecule has 7 atom stereocenters. The summed E-state index contributed by atoms with van der Waals surface area (Å²) in [4.78, 5) is 94.8. The predicted octanol–water partition coefficient (Wildman–Crippen LogP) is -1.81. The number of primary amides is 1. The zero-order chi connectivity index (χ0) is 41.1. The van der Waals surface area contributed by atoms with Crippen molar-refractivity contribution in [2.45, 2.75) is 123 Å². The number of carbonyl (C=O) groups excluding carboxylic acids is 7. The quantitative estimate of drug-likeness (QED) is 0.0339. The third-order valence-electron chi connectivity index (χ3n) is 8.08. The van der Waals surface area contributed by atoms with Crippen molar-refractivity contribution < 1.29 is 38.7 Å². The van der Waals surface area contributed by atoms with Crippen LogP contribution >= 0.6 is 0 Å². The van der Waals surface area contributed by atoms with E-state index >= 15 is 0 Å². The van der Waals surface area contributed by atoms with Crippen molar-refractivity contribution in [3.8, 4) is 0 Å². The van der Waals surface area contributed by atoms with Gasteiger partial charge in [0.1, 0.15) is 36.3 Å². The van der Waals surface area contributed by atoms with Gasteiger partial charge in [0.25, 0.3) is 0 Å². The molecule has 1 rings (SSSR count). The van der Waals surface area contributed by atoms with Gasteiger partial charge >= 0.3 is 0 Å². The van der Waals surface area contributed by atoms with Gasteiger partial charge in [-0.3, -0.25) is 38.6 Å². The van der Waals surface area contributed by atoms with E-state index in [9.17, 15) is 38.7 Å². The molecule has 1 aromatic carbocycles. The third-order valence-corrected chi connectivity index (χ3v) is 8.08. The molecule has 1 aromatic rings. The smallest absolute Gasteiger partial charge is 0.245 e. The maximum atomic E-state index is 13.9. The Morgan fingerprint density at radius 2 is 1.13 bits per heavy atom. The molecule has 18 nitrogen and oxygen atoms in total. The molecule has 13 N–H and O–H groups in total. The summed E-state index contributed by atoms with van der Waals surface area (Å²) in [6.45, 7) is 11.5. The average Bonchev–Trinajstić information content (AvgIpc) is 3.06. The molecule has 0 spiro atoms. The van der Waals surface area contributed by atoms with E-state index < -0.39 is 83.7 Å². The van der Waals surface area contributed by atoms with Gasteiger partial charge in [0, 0.05) is 19.9 Å². The van der Waals surface area contributed by atoms with Gasteiger partial charge in [0.2, 0.25) is 41.4 Å². The Bertz CT molecular complexity index is 1450. The Morgan fingerprint density at radius 3 is 1.61 bits per heavy atom. The lowest BCUT2D eigenvalue weighted by Gasteiger charge is -2.28. The number of nitrogens with zero attached hydrogens (tertiary/aromatic N) is 1. The summed E-state index contributed by atoms with van der Waals surface area (Å²) in [5, 5.41) is 25.6. The van der Waals surface area contributed by atoms with Crippen molar-refractivity contribution in [3.05, 3.63) is 35.9 Å². The molecule has 0 unspecified atom stereocenters. The first-order chi connectivity index (χ1) is 25.2. The highest BCUT2D eigenvalue weighted by molar-refractivity contribution is 5.97. The lowest BCUT2D eigenvalue weighted by Crippen LogP contribution is -2.60. The molecule has 18 heteroatoms. The predicted molar refractivity (Wildman–Crippen MR) is 203 cm³/mol. The molecular weight excluding hydrogens is 700 g/mol. The molecule has 54 heavy (non-hydrogen) atoms. The van der Waals surface area contributed by atoms with E-state index in [-0.39, 0.29) is 50.0 Å². The second-order valence-corrected chi connectivity index (χ2v) is 14.2. The van der Waals surface area contributed by atoms with Crippen molar-refractivity contribution in [1.29, 1.82) is 0 Å². The molecule has 0 heterocycles. The Labute approximate surface area is 317 Å². The number of benzene rings is 1. The Kier molecular flexibility index (Phi) is 20.3. The fourth-order valence-electron chi connectivity index (χ4n) is 5.36. The molecule has 0 aliphatic heterocycles. The largest absolute Gasteiger partial charge is 0.391 e. The molecule has 7 amide bonds. The zero-order valence-electron chi connectivity index (χ0n) is 32.3. The standard InChI is InChI=1S/C36H60N10O8/c1-19(2)16-26(32(51)41-21(5)31(50)43-25(30(37)49)14-11-15-40-36(38)39)44-34(53)28(18-24-12-9-8-10-13-24)45-33(52)27(17-20(3)4)46-35(54)29(22(6)47)42-23(7)48/h8-10,12-13,19-22,25-29,47H,11,14-18H2,1-7H3,(H2,37,49)(H,41,51)(H,42,48)(H,43,50)(H,44,53)(H,45,52)(H,46,54)(H4,38,39,40)/t21-,22+,25-,26-,27-,28-,29-/m0/s1. The zero-order valence-corrected chi connectivity index (χ0v) is 32.3. The fraction of sp³-hybridized carbons (Fsp3) is 0.611. The molecule has 0 radical (unpaired) electrons. The Hall–Kier alpha value is -5.26. The first kappa shape index (κ1) is 46.8. The number of hydrogen-bond donors (Lipinski definition) is 10. The Balaban J connectivity index is 3.25. The van der Waals surface area contributed by atoms with Crippen LogP contribution in [0.4, 0.5) is 0 Å². The molecule has 302 valence electrons. The molecule has 0 saturated carbocycles. The Morgan fingerprint density at radius 1 is 0.648 bits per heavy atom. The van der Waals surface area contributed by atoms with Crippen molar-refractivity contribution in [3.63, 3.8) is 0 Å². The van der Waals surface area contributed by atoms with Crippen LogP contribution < -0.4 is 49.1 Å². The highest BCUT2D eigenvalue weighted by Gasteiger charge is 2.34. The number of aliphatic hydroxyl groups excluding tert-OH is 1. The normalized spacial score (nSPS) is 14.9. The summed E-state index contributed by atoms with van der Waals surface area (Å²) < 4.78 is 0. The van der Waals surface area contributed by atoms with E-state index in [1.807, 2.05) is 27.7 Å². The van der Waals surface area contributed by atoms with Crippen molar-refractivity contribution in [1.82, 2.24) is 31.9 Å². The van der Waals surface area contributed by atoms with Gasteiger partial charge in [0.15, 0.2) is 5.96 Å². The highest BCUT2D eigenvalue weighted by atomic mass is 16.3. The van der Waals surface area contributed by atoms with E-state index in [0.29, 0.717) is 12.0 Å². The summed E-state index contributed by atoms with van der Waals surface area (Å²) in [7, 11) is 0. The molecule has 0 bridgehead atoms. The van der Waals surface area contributed by atoms with Crippen LogP contribution in [0.2, 0.25) is 0 Å². The number of amides is 7. The van der Waals surface area contributed by atoms with Crippen LogP contribution in [0.15, 0.2) is 35.3 Å². The second kappa shape index (κ2) is 23.4. The van der Waals surface area contributed by atoms with Crippen LogP contribution in [0.25, 0.3) is 0 Å². The SMILES string of the molecule is CC(=O)N[C@H](C(=O)N[C@@H](CC(C)C)C(=O)N[C@@H](Cc1ccccc1)C(=O)N[C@@H](CC(C)C)C(=O)N[C@@H](C)C(=O)N[C@@H](CCCN=C(N)N)C(N)=O)[C@@H](C)O. The monoisotopic (exact) mass is 760 g/mol. The number of carbonyl (C=O) groups is 7. The molecule has 0 aliphatic rings. The molecule has 0 aliphatic carbocycles. The van der Waals surface area contributed by atoms with E-state index in [1.165, 1.54) is 20.8 Å². The van der Waals surface area contributed by atoms with Crippen molar-refractivity contribution in [2.24, 2.45) is 34.0 Å². The van der Waals surface area contributed by atoms with Gasteiger partial charge in [0.05, 0.1) is 6.10 Å². The maximum Gasteiger partial charge on any atom is 0.245 e. The van der Waals surface area contributed by atoms with Gasteiger partial charge in [-0.1, -0.05) is 58.0 Å². The number of nitrogens with one attached hydrogen (secondary N) is 6. The van der Waals surface area contributed by atoms with Gasteiger partial charge in [-0.05, 0) is 56.9 Å². The lowest BCUT2D eigenvalue weighted by molar-refractivity contribution is -0.136. The number of aliphatic imine (C=N–C) groups is 1. The highest BCUT2D eigenvalue weighted by Crippen LogP contribution is 2.11. The van der Waals surface area contributed by atoms with E-state index in [1.54, 1.807) is 30.3 Å². The third kappa shape index (κ3) is 18.0. The van der Waals surface area contributed by atoms with Crippen LogP contribution in [-0.2, 0) is 40.0 Å². The van der Waals surface area contributed by atoms with Crippen LogP contribution in [0.3, 0.4) is 0 Å². The van der Waals surface area contributed by atoms with Crippen LogP contribution in [0, 0.1) is 11.8 Å². The molecular formula is C36H60N10O8. The van der Waals surface area contributed by atoms with E-state index in [4.69, 9.17) is 17.2 Å². The van der Waals surface area contributed by atoms with E-state index in [2.05, 4.69) is 36.9 Å². The number of rotatable bonds is 23. The molecule has 0 saturated heterocycles. The summed E-state index contributed by atoms with van der Waals surface area (Å²) in [6.07, 6.45) is -0.415. The van der Waals surface area contributed by atoms with Gasteiger partial charge in [-0.2, -0.15) is 0 Å². The molecule has 0 fully saturated rings. The first-order valence-corrected chi connectivity index (χ1v) is 18.1. The van der Waals surface area contributed by atoms with Gasteiger partial charge < -0.3 is 54.2 Å². The van der Waals surface area contributed by atoms with Crippen LogP contribution in [-0.4, -0.2) is 101 Å². The van der Waals surface area contributed by atoms with Crippen molar-refractivity contribution >= 4 is 47.3 Å². The minimum atomic E-state index is -1.33. The van der Waals surface area contributed by atoms with Crippen molar-refractivity contribution in [2.75, 3.05) is 6.54 Å². The van der Waals surface area contributed by atoms with Gasteiger partial charge in [-0.15, -0.1) is 0 Å². The minimum absolute atomic E-state index is 0.0233. The van der Waals surface area contributed by atoms with Crippen LogP contribution in [0.1, 0.15) is 79.7 Å². The number of aliphatic hydroxyl groups is 1. The number of hydrogen-bond acceptors (Lipinski definition) is 9. The number of guanidine groups is 1. The minimum Gasteiger partial charge on any atom is -0.391 e. The molecule has 0 aromatic heterocycles. The summed E-state index contributed by atoms with van der Waals surface area (Å²) in [6, 6.07) is 1.84. The van der Waals surface area contributed by atoms with Gasteiger partial charge in [-0.25, -0.2) is 0 Å². The lowest BCUT2D eigenvalue weighted by atomic mass is 9.99. The fourth-order valence-corrected chi connectivity index (χ4v) is 5.36. The summed E-state index contributed by atoms with van der Waals surface area (Å²) >= 11 is 0. The second-order valence-electron chi connectivity index (χ2n) is 14.2. The summed E-state index contributed by atoms with van der Waals surface area (Å²) in [5.74, 6) is -5.18.